The number of halogens is 1. The van der Waals surface area contributed by atoms with E-state index in [-0.39, 0.29) is 5.91 Å². The zero-order valence-electron chi connectivity index (χ0n) is 15.3. The first-order valence-electron chi connectivity index (χ1n) is 8.60. The third-order valence-electron chi connectivity index (χ3n) is 4.51. The van der Waals surface area contributed by atoms with E-state index in [1.807, 2.05) is 29.6 Å². The molecule has 1 amide bonds. The molecule has 0 atom stereocenters. The number of ether oxygens (including phenoxy) is 2. The molecule has 0 bridgehead atoms. The molecule has 2 heterocycles. The van der Waals surface area contributed by atoms with Crippen LogP contribution in [0.4, 0.5) is 11.6 Å². The van der Waals surface area contributed by atoms with Crippen LogP contribution in [0.2, 0.25) is 5.02 Å². The molecule has 28 heavy (non-hydrogen) atoms. The Labute approximate surface area is 166 Å². The lowest BCUT2D eigenvalue weighted by atomic mass is 10.0. The van der Waals surface area contributed by atoms with Crippen molar-refractivity contribution in [3.63, 3.8) is 0 Å². The molecular formula is C20H18ClN4O3+. The summed E-state index contributed by atoms with van der Waals surface area (Å²) in [5, 5.41) is 5.21. The van der Waals surface area contributed by atoms with Crippen LogP contribution >= 0.6 is 11.6 Å². The fourth-order valence-corrected chi connectivity index (χ4v) is 3.30. The molecule has 7 nitrogen and oxygen atoms in total. The third-order valence-corrected chi connectivity index (χ3v) is 4.74. The van der Waals surface area contributed by atoms with E-state index in [1.54, 1.807) is 32.5 Å². The quantitative estimate of drug-likeness (QED) is 0.660. The lowest BCUT2D eigenvalue weighted by Gasteiger charge is -2.09. The molecule has 0 unspecified atom stereocenters. The summed E-state index contributed by atoms with van der Waals surface area (Å²) >= 11 is 6.07. The van der Waals surface area contributed by atoms with Crippen LogP contribution in [0.3, 0.4) is 0 Å². The number of carbonyl (C=O) groups excluding carboxylic acids is 1. The fraction of sp³-hybridized carbons (Fsp3) is 0.150. The first-order valence-corrected chi connectivity index (χ1v) is 8.97. The molecule has 3 N–H and O–H groups in total. The molecule has 2 aromatic carbocycles. The number of fused-ring (bicyclic) bond motifs is 3. The van der Waals surface area contributed by atoms with Crippen molar-refractivity contribution < 1.29 is 19.6 Å². The van der Waals surface area contributed by atoms with E-state index in [0.717, 1.165) is 16.8 Å². The van der Waals surface area contributed by atoms with E-state index >= 15 is 0 Å². The van der Waals surface area contributed by atoms with Gasteiger partial charge in [-0.25, -0.2) is 5.32 Å². The Kier molecular flexibility index (Phi) is 4.85. The van der Waals surface area contributed by atoms with Crippen LogP contribution in [0.25, 0.3) is 11.3 Å². The van der Waals surface area contributed by atoms with E-state index < -0.39 is 0 Å². The number of hydrogen-bond donors (Lipinski definition) is 2. The average Bonchev–Trinajstić information content (AvgIpc) is 2.84. The van der Waals surface area contributed by atoms with Gasteiger partial charge in [0.25, 0.3) is 5.91 Å². The lowest BCUT2D eigenvalue weighted by Crippen LogP contribution is -2.72. The van der Waals surface area contributed by atoms with Gasteiger partial charge in [0, 0.05) is 41.0 Å². The Morgan fingerprint density at radius 2 is 1.89 bits per heavy atom. The number of nitrogens with zero attached hydrogens (tertiary/aromatic N) is 2. The van der Waals surface area contributed by atoms with Gasteiger partial charge < -0.3 is 14.8 Å². The van der Waals surface area contributed by atoms with E-state index in [9.17, 15) is 4.79 Å². The topological polar surface area (TPSA) is 90.0 Å². The molecule has 0 spiro atoms. The molecule has 0 fully saturated rings. The molecule has 0 radical (unpaired) electrons. The van der Waals surface area contributed by atoms with Crippen molar-refractivity contribution in [3.8, 4) is 22.8 Å². The summed E-state index contributed by atoms with van der Waals surface area (Å²) in [6, 6.07) is 10.8. The largest absolute Gasteiger partial charge is 0.493 e. The number of amides is 1. The van der Waals surface area contributed by atoms with Crippen molar-refractivity contribution >= 4 is 29.1 Å². The summed E-state index contributed by atoms with van der Waals surface area (Å²) in [5.74, 6) is 1.63. The molecule has 3 aromatic rings. The standard InChI is InChI=1S/C20H17ClN4O3/c1-27-16-6-4-13(8-17(16)28-2)24-20-23-10-11-9-22-19(26)15-7-12(21)3-5-14(15)18(11)25-20/h3-8,10H,9H2,1-2H3,(H,22,26)(H,23,24,25)/p+1. The zero-order chi connectivity index (χ0) is 19.7. The van der Waals surface area contributed by atoms with Crippen molar-refractivity contribution in [2.45, 2.75) is 6.54 Å². The molecule has 0 saturated carbocycles. The van der Waals surface area contributed by atoms with Gasteiger partial charge in [0.1, 0.15) is 5.69 Å². The summed E-state index contributed by atoms with van der Waals surface area (Å²) in [6.45, 7) is 0.358. The molecule has 4 rings (SSSR count). The Morgan fingerprint density at radius 3 is 2.68 bits per heavy atom. The highest BCUT2D eigenvalue weighted by atomic mass is 35.5. The van der Waals surface area contributed by atoms with Crippen LogP contribution in [0.5, 0.6) is 11.5 Å². The number of benzene rings is 2. The van der Waals surface area contributed by atoms with Gasteiger partial charge in [-0.2, -0.15) is 9.97 Å². The number of methoxy groups -OCH3 is 2. The van der Waals surface area contributed by atoms with Crippen molar-refractivity contribution in [3.05, 3.63) is 58.7 Å². The smallest absolute Gasteiger partial charge is 0.331 e. The Bertz CT molecular complexity index is 1070. The highest BCUT2D eigenvalue weighted by Crippen LogP contribution is 2.31. The van der Waals surface area contributed by atoms with E-state index in [0.29, 0.717) is 40.3 Å². The third kappa shape index (κ3) is 3.37. The van der Waals surface area contributed by atoms with Crippen LogP contribution in [-0.2, 0) is 6.54 Å². The van der Waals surface area contributed by atoms with Gasteiger partial charge in [-0.1, -0.05) is 17.7 Å². The molecule has 0 aliphatic carbocycles. The van der Waals surface area contributed by atoms with Gasteiger partial charge in [0.05, 0.1) is 25.5 Å². The maximum absolute atomic E-state index is 12.4. The second-order valence-corrected chi connectivity index (χ2v) is 6.67. The van der Waals surface area contributed by atoms with Crippen LogP contribution in [0.15, 0.2) is 42.6 Å². The number of quaternary nitrogens is 1. The van der Waals surface area contributed by atoms with E-state index in [1.165, 1.54) is 0 Å². The Balaban J connectivity index is 1.73. The van der Waals surface area contributed by atoms with Gasteiger partial charge in [0.15, 0.2) is 11.5 Å². The van der Waals surface area contributed by atoms with Crippen LogP contribution in [0.1, 0.15) is 15.9 Å². The molecule has 1 aromatic heterocycles. The lowest BCUT2D eigenvalue weighted by molar-refractivity contribution is -0.487. The molecule has 0 saturated heterocycles. The highest BCUT2D eigenvalue weighted by Gasteiger charge is 2.23. The van der Waals surface area contributed by atoms with Crippen molar-refractivity contribution in [1.82, 2.24) is 15.3 Å². The Hall–Kier alpha value is -3.16. The first kappa shape index (κ1) is 18.2. The predicted octanol–water partition coefficient (Wildman–Crippen LogP) is 2.58. The highest BCUT2D eigenvalue weighted by molar-refractivity contribution is 6.31. The normalized spacial score (nSPS) is 12.5. The minimum atomic E-state index is -0.180. The van der Waals surface area contributed by atoms with Crippen LogP contribution in [0, 0.1) is 0 Å². The number of nitrogens with one attached hydrogen (secondary N) is 1. The fourth-order valence-electron chi connectivity index (χ4n) is 3.13. The van der Waals surface area contributed by atoms with E-state index in [2.05, 4.69) is 10.3 Å². The number of aromatic nitrogens is 2. The number of rotatable bonds is 4. The number of hydrogen-bond acceptors (Lipinski definition) is 5. The summed E-state index contributed by atoms with van der Waals surface area (Å²) in [5.41, 5.74) is 3.67. The summed E-state index contributed by atoms with van der Waals surface area (Å²) in [7, 11) is 3.18. The van der Waals surface area contributed by atoms with Crippen molar-refractivity contribution in [2.24, 2.45) is 0 Å². The van der Waals surface area contributed by atoms with Gasteiger partial charge in [-0.05, 0) is 18.2 Å². The minimum Gasteiger partial charge on any atom is -0.493 e. The SMILES string of the molecule is COc1ccc([NH2+]c2ncc3c(n2)-c2ccc(Cl)cc2C(=O)NC3)cc1OC. The van der Waals surface area contributed by atoms with Crippen LogP contribution in [-0.4, -0.2) is 30.1 Å². The molecule has 8 heteroatoms. The molecule has 142 valence electrons. The molecule has 1 aliphatic rings. The second kappa shape index (κ2) is 7.46. The van der Waals surface area contributed by atoms with E-state index in [4.69, 9.17) is 26.1 Å². The van der Waals surface area contributed by atoms with Crippen molar-refractivity contribution in [2.75, 3.05) is 14.2 Å². The van der Waals surface area contributed by atoms with Gasteiger partial charge in [-0.3, -0.25) is 4.79 Å². The predicted molar refractivity (Wildman–Crippen MR) is 104 cm³/mol. The summed E-state index contributed by atoms with van der Waals surface area (Å²) in [6.07, 6.45) is 1.74. The molecule has 1 aliphatic heterocycles. The second-order valence-electron chi connectivity index (χ2n) is 6.23. The van der Waals surface area contributed by atoms with Gasteiger partial charge >= 0.3 is 5.95 Å². The molecular weight excluding hydrogens is 380 g/mol. The monoisotopic (exact) mass is 397 g/mol. The number of nitrogens with two attached hydrogens (primary N) is 1. The zero-order valence-corrected chi connectivity index (χ0v) is 16.1. The minimum absolute atomic E-state index is 0.180. The maximum Gasteiger partial charge on any atom is 0.331 e. The van der Waals surface area contributed by atoms with Gasteiger partial charge in [0.2, 0.25) is 0 Å². The summed E-state index contributed by atoms with van der Waals surface area (Å²) < 4.78 is 10.6. The van der Waals surface area contributed by atoms with Crippen LogP contribution < -0.4 is 20.1 Å². The summed E-state index contributed by atoms with van der Waals surface area (Å²) in [4.78, 5) is 21.5. The maximum atomic E-state index is 12.4. The van der Waals surface area contributed by atoms with Gasteiger partial charge in [-0.15, -0.1) is 0 Å². The first-order chi connectivity index (χ1) is 13.6. The Morgan fingerprint density at radius 1 is 1.07 bits per heavy atom. The average molecular weight is 398 g/mol. The van der Waals surface area contributed by atoms with Crippen molar-refractivity contribution in [1.29, 1.82) is 0 Å². The number of carbonyl (C=O) groups is 1.